The van der Waals surface area contributed by atoms with Gasteiger partial charge in [-0.15, -0.1) is 0 Å². The molecule has 14 heteroatoms. The highest BCUT2D eigenvalue weighted by molar-refractivity contribution is 6.41. The Kier molecular flexibility index (Phi) is 38.3. The molecule has 0 saturated heterocycles. The van der Waals surface area contributed by atoms with Crippen molar-refractivity contribution >= 4 is 78.5 Å². The van der Waals surface area contributed by atoms with Gasteiger partial charge in [-0.2, -0.15) is 0 Å². The van der Waals surface area contributed by atoms with Crippen LogP contribution >= 0.6 is 0 Å². The normalized spacial score (nSPS) is 12.8. The zero-order valence-electron chi connectivity index (χ0n) is 68.2. The minimum atomic E-state index is -0.340. The second-order valence-electron chi connectivity index (χ2n) is 31.8. The first-order chi connectivity index (χ1) is 54.1. The lowest BCUT2D eigenvalue weighted by atomic mass is 9.82. The van der Waals surface area contributed by atoms with Gasteiger partial charge in [-0.05, 0) is 145 Å². The molecule has 600 valence electrons. The number of hydrogen-bond acceptors (Lipinski definition) is 10. The molecule has 14 nitrogen and oxygen atoms in total. The van der Waals surface area contributed by atoms with Crippen LogP contribution in [0.5, 0.6) is 23.0 Å². The van der Waals surface area contributed by atoms with Crippen LogP contribution in [0.15, 0.2) is 84.9 Å². The van der Waals surface area contributed by atoms with Gasteiger partial charge in [0.05, 0.1) is 26.4 Å². The summed E-state index contributed by atoms with van der Waals surface area (Å²) in [5.74, 6) is 0.827. The zero-order valence-corrected chi connectivity index (χ0v) is 68.2. The van der Waals surface area contributed by atoms with Crippen LogP contribution in [-0.4, -0.2) is 97.8 Å². The lowest BCUT2D eigenvalue weighted by Gasteiger charge is -2.30. The lowest BCUT2D eigenvalue weighted by Crippen LogP contribution is -2.41. The predicted octanol–water partition coefficient (Wildman–Crippen LogP) is 25.3. The van der Waals surface area contributed by atoms with Gasteiger partial charge in [-0.3, -0.25) is 38.6 Å². The van der Waals surface area contributed by atoms with Crippen molar-refractivity contribution < 1.29 is 47.7 Å². The van der Waals surface area contributed by atoms with E-state index in [1.165, 1.54) is 215 Å². The quantitative estimate of drug-likeness (QED) is 0.0162. The highest BCUT2D eigenvalue weighted by atomic mass is 16.5. The Labute approximate surface area is 660 Å². The Morgan fingerprint density at radius 3 is 0.718 bits per heavy atom. The fraction of sp³-hybridized carbons (Fsp3) is 0.604. The number of ether oxygens (including phenoxy) is 4. The molecule has 2 N–H and O–H groups in total. The van der Waals surface area contributed by atoms with E-state index in [9.17, 15) is 28.8 Å². The Morgan fingerprint density at radius 2 is 0.482 bits per heavy atom. The molecule has 0 fully saturated rings. The Morgan fingerprint density at radius 1 is 0.264 bits per heavy atom. The topological polar surface area (TPSA) is 170 Å². The molecule has 6 amide bonds. The van der Waals surface area contributed by atoms with Crippen molar-refractivity contribution in [1.82, 2.24) is 20.4 Å². The van der Waals surface area contributed by atoms with Crippen LogP contribution in [0.4, 0.5) is 0 Å². The van der Waals surface area contributed by atoms with Gasteiger partial charge < -0.3 is 29.6 Å². The van der Waals surface area contributed by atoms with E-state index in [2.05, 4.69) is 38.3 Å². The molecule has 0 atom stereocenters. The number of nitrogens with one attached hydrogen (secondary N) is 2. The molecule has 2 aliphatic rings. The third kappa shape index (κ3) is 26.2. The first-order valence-corrected chi connectivity index (χ1v) is 44.4. The summed E-state index contributed by atoms with van der Waals surface area (Å²) in [5.41, 5.74) is 2.85. The van der Waals surface area contributed by atoms with Crippen LogP contribution in [0.2, 0.25) is 0 Å². The van der Waals surface area contributed by atoms with E-state index in [0.29, 0.717) is 145 Å². The summed E-state index contributed by atoms with van der Waals surface area (Å²) in [7, 11) is 0. The SMILES string of the molecule is CCCCCCCCCCCCOc1cc(OCCCCCCCCCCCC)cc(C(=O)NCCCCCN2C(=O)c3ccc4c5ccc6c7c(ccc(c8ccc(c3c48)C2=O)c75)C(=O)N(CCCCCNC(=O)c2cc(OCCCCCCCCCCCC)cc(OCCCCCCCCCCCC)c2)C6=O)c1. The average Bonchev–Trinajstić information content (AvgIpc) is 0.691. The molecule has 0 spiro atoms. The Hall–Kier alpha value is -7.74. The summed E-state index contributed by atoms with van der Waals surface area (Å²) in [6.07, 6.45) is 53.7. The summed E-state index contributed by atoms with van der Waals surface area (Å²) in [6.45, 7) is 12.7. The van der Waals surface area contributed by atoms with E-state index in [1.807, 2.05) is 84.9 Å². The van der Waals surface area contributed by atoms with Crippen molar-refractivity contribution in [2.75, 3.05) is 52.6 Å². The molecule has 0 saturated carbocycles. The number of benzene rings is 7. The molecule has 7 aromatic carbocycles. The second-order valence-corrected chi connectivity index (χ2v) is 31.8. The molecule has 0 unspecified atom stereocenters. The maximum absolute atomic E-state index is 14.5. The number of imide groups is 2. The van der Waals surface area contributed by atoms with Crippen molar-refractivity contribution in [2.45, 2.75) is 323 Å². The number of unbranched alkanes of at least 4 members (excludes halogenated alkanes) is 40. The number of rotatable bonds is 62. The smallest absolute Gasteiger partial charge is 0.261 e. The fourth-order valence-electron chi connectivity index (χ4n) is 16.4. The van der Waals surface area contributed by atoms with Gasteiger partial charge in [0.15, 0.2) is 0 Å². The minimum Gasteiger partial charge on any atom is -0.493 e. The minimum absolute atomic E-state index is 0.195. The molecule has 7 aromatic rings. The maximum Gasteiger partial charge on any atom is 0.261 e. The van der Waals surface area contributed by atoms with Crippen LogP contribution in [0, 0.1) is 0 Å². The third-order valence-corrected chi connectivity index (χ3v) is 22.8. The number of nitrogens with zero attached hydrogens (tertiary/aromatic N) is 2. The summed E-state index contributed by atoms with van der Waals surface area (Å²) >= 11 is 0. The number of amides is 6. The Balaban J connectivity index is 0.745. The van der Waals surface area contributed by atoms with Crippen LogP contribution < -0.4 is 29.6 Å². The van der Waals surface area contributed by atoms with Crippen molar-refractivity contribution in [1.29, 1.82) is 0 Å². The molecule has 0 aromatic heterocycles. The zero-order chi connectivity index (χ0) is 77.3. The highest BCUT2D eigenvalue weighted by Crippen LogP contribution is 2.47. The number of carbonyl (C=O) groups is 6. The summed E-state index contributed by atoms with van der Waals surface area (Å²) in [5, 5.41) is 12.4. The first-order valence-electron chi connectivity index (χ1n) is 44.4. The molecule has 2 aliphatic heterocycles. The van der Waals surface area contributed by atoms with Gasteiger partial charge in [-0.1, -0.05) is 283 Å². The summed E-state index contributed by atoms with van der Waals surface area (Å²) < 4.78 is 25.1. The molecule has 0 bridgehead atoms. The average molecular weight is 1510 g/mol. The van der Waals surface area contributed by atoms with Gasteiger partial charge in [0.25, 0.3) is 35.4 Å². The molecule has 0 aliphatic carbocycles. The fourth-order valence-corrected chi connectivity index (χ4v) is 16.4. The van der Waals surface area contributed by atoms with Crippen molar-refractivity contribution in [3.8, 4) is 23.0 Å². The molecule has 2 heterocycles. The third-order valence-electron chi connectivity index (χ3n) is 22.8. The maximum atomic E-state index is 14.5. The monoisotopic (exact) mass is 1510 g/mol. The Bertz CT molecular complexity index is 3510. The largest absolute Gasteiger partial charge is 0.493 e. The van der Waals surface area contributed by atoms with Gasteiger partial charge in [0, 0.05) is 82.5 Å². The molecule has 110 heavy (non-hydrogen) atoms. The van der Waals surface area contributed by atoms with E-state index in [-0.39, 0.29) is 48.5 Å². The predicted molar refractivity (Wildman–Crippen MR) is 453 cm³/mol. The van der Waals surface area contributed by atoms with Crippen molar-refractivity contribution in [2.24, 2.45) is 0 Å². The first kappa shape index (κ1) is 86.2. The van der Waals surface area contributed by atoms with E-state index < -0.39 is 0 Å². The number of hydrogen-bond donors (Lipinski definition) is 2. The van der Waals surface area contributed by atoms with Gasteiger partial charge >= 0.3 is 0 Å². The van der Waals surface area contributed by atoms with E-state index in [4.69, 9.17) is 18.9 Å². The van der Waals surface area contributed by atoms with Gasteiger partial charge in [0.1, 0.15) is 23.0 Å². The van der Waals surface area contributed by atoms with E-state index >= 15 is 0 Å². The molecule has 9 rings (SSSR count). The number of carbonyl (C=O) groups excluding carboxylic acids is 6. The van der Waals surface area contributed by atoms with Crippen LogP contribution in [0.3, 0.4) is 0 Å². The van der Waals surface area contributed by atoms with Crippen molar-refractivity contribution in [3.63, 3.8) is 0 Å². The summed E-state index contributed by atoms with van der Waals surface area (Å²) in [6, 6.07) is 26.1. The summed E-state index contributed by atoms with van der Waals surface area (Å²) in [4.78, 5) is 88.2. The molecule has 0 radical (unpaired) electrons. The van der Waals surface area contributed by atoms with Crippen LogP contribution in [0.1, 0.15) is 385 Å². The van der Waals surface area contributed by atoms with E-state index in [1.54, 1.807) is 0 Å². The highest BCUT2D eigenvalue weighted by Gasteiger charge is 2.37. The molecular weight excluding hydrogens is 1370 g/mol. The van der Waals surface area contributed by atoms with Gasteiger partial charge in [0.2, 0.25) is 0 Å². The van der Waals surface area contributed by atoms with Crippen LogP contribution in [-0.2, 0) is 0 Å². The van der Waals surface area contributed by atoms with Crippen LogP contribution in [0.25, 0.3) is 43.1 Å². The molecular formula is C96H136N4O10. The second kappa shape index (κ2) is 48.9. The van der Waals surface area contributed by atoms with E-state index in [0.717, 1.165) is 83.7 Å². The van der Waals surface area contributed by atoms with Crippen molar-refractivity contribution in [3.05, 3.63) is 118 Å². The van der Waals surface area contributed by atoms with Gasteiger partial charge in [-0.25, -0.2) is 0 Å². The lowest BCUT2D eigenvalue weighted by molar-refractivity contribution is 0.0592. The standard InChI is InChI=1S/C96H136N4O10/c1-5-9-13-17-21-25-29-33-37-47-63-107-75-67-73(68-76(71-75)108-64-48-38-34-30-26-22-18-14-10-6-2)91(101)97-59-43-41-45-61-99-93(103)83-55-51-79-81-53-57-85-90-86(58-54-82(88(81)90)80-52-56-84(94(99)104)89(83)87(79)80)96(106)100(95(85)105)62-46-42-44-60-98-92(102)74-69-77(109-65-49-39-35-31-27-23-19-15-11-7-3)72-78(70-74)110-66-50-40-36-32-28-24-20-16-12-8-4/h51-58,67-72H,5-50,59-66H2,1-4H3,(H,97,101)(H,98,102). The number of fused-ring (bicyclic) bond motifs is 2.